The summed E-state index contributed by atoms with van der Waals surface area (Å²) in [5.74, 6) is -1.75. The van der Waals surface area contributed by atoms with Gasteiger partial charge in [-0.15, -0.1) is 0 Å². The highest BCUT2D eigenvalue weighted by Gasteiger charge is 2.05. The molecule has 0 aromatic rings. The van der Waals surface area contributed by atoms with Gasteiger partial charge in [-0.05, 0) is 13.8 Å². The Morgan fingerprint density at radius 3 is 1.50 bits per heavy atom. The van der Waals surface area contributed by atoms with Gasteiger partial charge >= 0.3 is 11.9 Å². The lowest BCUT2D eigenvalue weighted by molar-refractivity contribution is -0.161. The Balaban J connectivity index is 3.92. The maximum atomic E-state index is 10.7. The number of carbonyl (C=O) groups excluding carboxylic acids is 2. The monoisotopic (exact) mass is 204 g/mol. The van der Waals surface area contributed by atoms with Gasteiger partial charge in [0.2, 0.25) is 0 Å². The molecule has 0 aromatic carbocycles. The minimum Gasteiger partial charge on any atom is -0.433 e. The van der Waals surface area contributed by atoms with Gasteiger partial charge in [0.05, 0.1) is 0 Å². The highest BCUT2D eigenvalue weighted by molar-refractivity contribution is 5.91. The summed E-state index contributed by atoms with van der Waals surface area (Å²) in [7, 11) is 0. The van der Waals surface area contributed by atoms with E-state index in [9.17, 15) is 9.59 Å². The molecule has 0 aliphatic rings. The largest absolute Gasteiger partial charge is 0.433 e. The molecule has 0 saturated heterocycles. The molecule has 14 heavy (non-hydrogen) atoms. The molecule has 2 unspecified atom stereocenters. The molecule has 0 fully saturated rings. The van der Waals surface area contributed by atoms with E-state index >= 15 is 0 Å². The zero-order valence-electron chi connectivity index (χ0n) is 7.84. The van der Waals surface area contributed by atoms with Crippen LogP contribution in [0.15, 0.2) is 12.2 Å². The summed E-state index contributed by atoms with van der Waals surface area (Å²) < 4.78 is 8.53. The first-order valence-corrected chi connectivity index (χ1v) is 3.87. The van der Waals surface area contributed by atoms with E-state index in [0.717, 1.165) is 12.2 Å². The van der Waals surface area contributed by atoms with Crippen LogP contribution in [0.25, 0.3) is 0 Å². The van der Waals surface area contributed by atoms with Crippen molar-refractivity contribution in [1.29, 1.82) is 0 Å². The van der Waals surface area contributed by atoms with Gasteiger partial charge in [0.1, 0.15) is 0 Å². The van der Waals surface area contributed by atoms with Crippen molar-refractivity contribution in [1.82, 2.24) is 0 Å². The van der Waals surface area contributed by atoms with Crippen LogP contribution < -0.4 is 0 Å². The average molecular weight is 204 g/mol. The Labute approximate surface area is 80.7 Å². The first kappa shape index (κ1) is 12.6. The second-order valence-corrected chi connectivity index (χ2v) is 2.41. The third kappa shape index (κ3) is 7.26. The Morgan fingerprint density at radius 2 is 1.29 bits per heavy atom. The van der Waals surface area contributed by atoms with Crippen molar-refractivity contribution in [3.8, 4) is 0 Å². The van der Waals surface area contributed by atoms with E-state index in [-0.39, 0.29) is 0 Å². The number of aliphatic hydroxyl groups excluding tert-OH is 2. The summed E-state index contributed by atoms with van der Waals surface area (Å²) in [4.78, 5) is 21.4. The molecular weight excluding hydrogens is 192 g/mol. The number of hydrogen-bond donors (Lipinski definition) is 2. The van der Waals surface area contributed by atoms with Crippen molar-refractivity contribution >= 4 is 11.9 Å². The number of hydrogen-bond acceptors (Lipinski definition) is 6. The molecule has 0 amide bonds. The lowest BCUT2D eigenvalue weighted by Gasteiger charge is -2.04. The lowest BCUT2D eigenvalue weighted by atomic mass is 10.5. The number of rotatable bonds is 4. The molecule has 6 nitrogen and oxygen atoms in total. The third-order valence-electron chi connectivity index (χ3n) is 0.929. The second-order valence-electron chi connectivity index (χ2n) is 2.41. The molecule has 6 heteroatoms. The standard InChI is InChI=1S/C8H12O6/c1-5(9)13-7(11)3-4-8(12)14-6(2)10/h3-6,9-10H,1-2H3/b4-3+. The number of aliphatic hydroxyl groups is 2. The van der Waals surface area contributed by atoms with Gasteiger partial charge in [0.15, 0.2) is 12.6 Å². The van der Waals surface area contributed by atoms with E-state index < -0.39 is 24.5 Å². The minimum atomic E-state index is -1.24. The fourth-order valence-corrected chi connectivity index (χ4v) is 0.551. The molecule has 2 atom stereocenters. The van der Waals surface area contributed by atoms with Gasteiger partial charge in [0, 0.05) is 12.2 Å². The summed E-state index contributed by atoms with van der Waals surface area (Å²) in [5.41, 5.74) is 0. The van der Waals surface area contributed by atoms with E-state index in [0.29, 0.717) is 0 Å². The van der Waals surface area contributed by atoms with Crippen LogP contribution in [0.1, 0.15) is 13.8 Å². The van der Waals surface area contributed by atoms with Crippen molar-refractivity contribution < 1.29 is 29.3 Å². The maximum absolute atomic E-state index is 10.7. The van der Waals surface area contributed by atoms with Crippen LogP contribution in [0.4, 0.5) is 0 Å². The van der Waals surface area contributed by atoms with Crippen LogP contribution in [-0.4, -0.2) is 34.7 Å². The highest BCUT2D eigenvalue weighted by Crippen LogP contribution is 1.91. The van der Waals surface area contributed by atoms with E-state index in [1.807, 2.05) is 0 Å². The predicted molar refractivity (Wildman–Crippen MR) is 44.7 cm³/mol. The zero-order chi connectivity index (χ0) is 11.1. The fourth-order valence-electron chi connectivity index (χ4n) is 0.551. The molecule has 0 bridgehead atoms. The van der Waals surface area contributed by atoms with Crippen LogP contribution >= 0.6 is 0 Å². The second kappa shape index (κ2) is 6.11. The average Bonchev–Trinajstić information content (AvgIpc) is 1.98. The number of ether oxygens (including phenoxy) is 2. The van der Waals surface area contributed by atoms with Crippen LogP contribution in [-0.2, 0) is 19.1 Å². The molecule has 2 N–H and O–H groups in total. The van der Waals surface area contributed by atoms with Crippen molar-refractivity contribution in [3.63, 3.8) is 0 Å². The highest BCUT2D eigenvalue weighted by atomic mass is 16.6. The molecule has 0 rings (SSSR count). The van der Waals surface area contributed by atoms with Crippen molar-refractivity contribution in [2.75, 3.05) is 0 Å². The molecule has 0 aliphatic heterocycles. The van der Waals surface area contributed by atoms with Gasteiger partial charge in [0.25, 0.3) is 0 Å². The topological polar surface area (TPSA) is 93.1 Å². The summed E-state index contributed by atoms with van der Waals surface area (Å²) >= 11 is 0. The molecule has 0 spiro atoms. The van der Waals surface area contributed by atoms with Crippen molar-refractivity contribution in [3.05, 3.63) is 12.2 Å². The Kier molecular flexibility index (Phi) is 5.50. The van der Waals surface area contributed by atoms with Crippen molar-refractivity contribution in [2.45, 2.75) is 26.4 Å². The lowest BCUT2D eigenvalue weighted by Crippen LogP contribution is -2.14. The first-order chi connectivity index (χ1) is 6.41. The summed E-state index contributed by atoms with van der Waals surface area (Å²) in [6, 6.07) is 0. The van der Waals surface area contributed by atoms with Crippen molar-refractivity contribution in [2.24, 2.45) is 0 Å². The molecule has 0 aliphatic carbocycles. The quantitative estimate of drug-likeness (QED) is 0.357. The minimum absolute atomic E-state index is 0.789. The van der Waals surface area contributed by atoms with Gasteiger partial charge in [-0.25, -0.2) is 9.59 Å². The Morgan fingerprint density at radius 1 is 1.00 bits per heavy atom. The molecule has 0 saturated carbocycles. The first-order valence-electron chi connectivity index (χ1n) is 3.87. The molecule has 0 heterocycles. The Hall–Kier alpha value is -1.40. The maximum Gasteiger partial charge on any atom is 0.333 e. The SMILES string of the molecule is CC(O)OC(=O)/C=C/C(=O)OC(C)O. The van der Waals surface area contributed by atoms with E-state index in [4.69, 9.17) is 10.2 Å². The fraction of sp³-hybridized carbons (Fsp3) is 0.500. The molecule has 0 radical (unpaired) electrons. The zero-order valence-corrected chi connectivity index (χ0v) is 7.84. The van der Waals surface area contributed by atoms with Crippen LogP contribution in [0.5, 0.6) is 0 Å². The van der Waals surface area contributed by atoms with E-state index in [2.05, 4.69) is 9.47 Å². The molecule has 0 aromatic heterocycles. The summed E-state index contributed by atoms with van der Waals surface area (Å²) in [5, 5.41) is 17.2. The van der Waals surface area contributed by atoms with Crippen LogP contribution in [0.2, 0.25) is 0 Å². The number of esters is 2. The summed E-state index contributed by atoms with van der Waals surface area (Å²) in [6.45, 7) is 2.50. The van der Waals surface area contributed by atoms with Crippen LogP contribution in [0.3, 0.4) is 0 Å². The molecular formula is C8H12O6. The number of carbonyl (C=O) groups is 2. The smallest absolute Gasteiger partial charge is 0.333 e. The van der Waals surface area contributed by atoms with Gasteiger partial charge in [-0.1, -0.05) is 0 Å². The normalized spacial score (nSPS) is 14.9. The Bertz CT molecular complexity index is 206. The molecule has 80 valence electrons. The van der Waals surface area contributed by atoms with Gasteiger partial charge in [-0.2, -0.15) is 0 Å². The third-order valence-corrected chi connectivity index (χ3v) is 0.929. The van der Waals surface area contributed by atoms with Crippen LogP contribution in [0, 0.1) is 0 Å². The van der Waals surface area contributed by atoms with E-state index in [1.165, 1.54) is 13.8 Å². The summed E-state index contributed by atoms with van der Waals surface area (Å²) in [6.07, 6.45) is -0.894. The predicted octanol–water partition coefficient (Wildman–Crippen LogP) is -0.694. The van der Waals surface area contributed by atoms with Gasteiger partial charge in [-0.3, -0.25) is 0 Å². The van der Waals surface area contributed by atoms with Gasteiger partial charge < -0.3 is 19.7 Å². The van der Waals surface area contributed by atoms with E-state index in [1.54, 1.807) is 0 Å².